The van der Waals surface area contributed by atoms with E-state index in [1.54, 1.807) is 0 Å². The molecule has 2 aromatic rings. The van der Waals surface area contributed by atoms with Crippen LogP contribution in [-0.4, -0.2) is 37.6 Å². The minimum atomic E-state index is 0.533. The molecule has 1 unspecified atom stereocenters. The van der Waals surface area contributed by atoms with Crippen LogP contribution in [-0.2, 0) is 19.5 Å². The maximum atomic E-state index is 4.55. The van der Waals surface area contributed by atoms with Crippen molar-refractivity contribution in [3.63, 3.8) is 0 Å². The standard InChI is InChI=1S/C16H23N5/c1-13-8-17-21(10-13)15-5-7-19(12-15)11-14-9-18-20-6-3-2-4-16(14)20/h8-10,15H,2-7,11-12H2,1H3. The zero-order chi connectivity index (χ0) is 14.2. The van der Waals surface area contributed by atoms with E-state index in [9.17, 15) is 0 Å². The van der Waals surface area contributed by atoms with Crippen LogP contribution in [0.3, 0.4) is 0 Å². The number of rotatable bonds is 3. The molecule has 0 spiro atoms. The normalized spacial score (nSPS) is 22.6. The second-order valence-electron chi connectivity index (χ2n) is 6.47. The van der Waals surface area contributed by atoms with Gasteiger partial charge in [0.2, 0.25) is 0 Å². The van der Waals surface area contributed by atoms with Crippen LogP contribution >= 0.6 is 0 Å². The fourth-order valence-electron chi connectivity index (χ4n) is 3.66. The van der Waals surface area contributed by atoms with Crippen molar-refractivity contribution >= 4 is 0 Å². The summed E-state index contributed by atoms with van der Waals surface area (Å²) in [5.74, 6) is 0. The molecule has 0 aliphatic carbocycles. The number of fused-ring (bicyclic) bond motifs is 1. The van der Waals surface area contributed by atoms with Crippen LogP contribution in [0.25, 0.3) is 0 Å². The summed E-state index contributed by atoms with van der Waals surface area (Å²) in [6.45, 7) is 6.52. The smallest absolute Gasteiger partial charge is 0.0658 e. The maximum Gasteiger partial charge on any atom is 0.0658 e. The van der Waals surface area contributed by atoms with Crippen LogP contribution in [0.4, 0.5) is 0 Å². The van der Waals surface area contributed by atoms with E-state index in [1.807, 2.05) is 6.20 Å². The molecule has 2 aliphatic heterocycles. The molecule has 2 aliphatic rings. The first-order chi connectivity index (χ1) is 10.3. The van der Waals surface area contributed by atoms with Gasteiger partial charge in [0.25, 0.3) is 0 Å². The van der Waals surface area contributed by atoms with E-state index < -0.39 is 0 Å². The van der Waals surface area contributed by atoms with Crippen LogP contribution in [0.1, 0.15) is 42.1 Å². The first-order valence-corrected chi connectivity index (χ1v) is 8.06. The van der Waals surface area contributed by atoms with Crippen molar-refractivity contribution in [1.82, 2.24) is 24.5 Å². The fourth-order valence-corrected chi connectivity index (χ4v) is 3.66. The van der Waals surface area contributed by atoms with E-state index >= 15 is 0 Å². The largest absolute Gasteiger partial charge is 0.297 e. The summed E-state index contributed by atoms with van der Waals surface area (Å²) in [6.07, 6.45) is 11.2. The van der Waals surface area contributed by atoms with Crippen molar-refractivity contribution in [2.45, 2.75) is 51.7 Å². The Balaban J connectivity index is 1.43. The van der Waals surface area contributed by atoms with Crippen LogP contribution in [0, 0.1) is 6.92 Å². The molecule has 0 radical (unpaired) electrons. The number of aromatic nitrogens is 4. The Morgan fingerprint density at radius 2 is 2.14 bits per heavy atom. The van der Waals surface area contributed by atoms with E-state index in [4.69, 9.17) is 0 Å². The van der Waals surface area contributed by atoms with Crippen LogP contribution < -0.4 is 0 Å². The van der Waals surface area contributed by atoms with Gasteiger partial charge in [-0.2, -0.15) is 10.2 Å². The van der Waals surface area contributed by atoms with E-state index in [1.165, 1.54) is 42.5 Å². The number of aryl methyl sites for hydroxylation is 2. The average molecular weight is 285 g/mol. The third-order valence-corrected chi connectivity index (χ3v) is 4.81. The average Bonchev–Trinajstić information content (AvgIpc) is 3.20. The van der Waals surface area contributed by atoms with Crippen LogP contribution in [0.2, 0.25) is 0 Å². The highest BCUT2D eigenvalue weighted by Gasteiger charge is 2.26. The van der Waals surface area contributed by atoms with Gasteiger partial charge in [-0.25, -0.2) is 0 Å². The van der Waals surface area contributed by atoms with Crippen molar-refractivity contribution in [2.75, 3.05) is 13.1 Å². The number of nitrogens with zero attached hydrogens (tertiary/aromatic N) is 5. The predicted octanol–water partition coefficient (Wildman–Crippen LogP) is 2.17. The van der Waals surface area contributed by atoms with Crippen molar-refractivity contribution in [3.05, 3.63) is 35.4 Å². The summed E-state index contributed by atoms with van der Waals surface area (Å²) in [6, 6.07) is 0.533. The van der Waals surface area contributed by atoms with Gasteiger partial charge in [-0.15, -0.1) is 0 Å². The zero-order valence-corrected chi connectivity index (χ0v) is 12.7. The lowest BCUT2D eigenvalue weighted by molar-refractivity contribution is 0.309. The van der Waals surface area contributed by atoms with Gasteiger partial charge in [0.15, 0.2) is 0 Å². The highest BCUT2D eigenvalue weighted by molar-refractivity contribution is 5.19. The molecule has 1 saturated heterocycles. The summed E-state index contributed by atoms with van der Waals surface area (Å²) >= 11 is 0. The fraction of sp³-hybridized carbons (Fsp3) is 0.625. The number of hydrogen-bond acceptors (Lipinski definition) is 3. The molecule has 0 bridgehead atoms. The lowest BCUT2D eigenvalue weighted by Crippen LogP contribution is -2.22. The Kier molecular flexibility index (Phi) is 3.30. The van der Waals surface area contributed by atoms with Crippen molar-refractivity contribution in [1.29, 1.82) is 0 Å². The lowest BCUT2D eigenvalue weighted by Gasteiger charge is -2.19. The van der Waals surface area contributed by atoms with Crippen LogP contribution in [0.5, 0.6) is 0 Å². The molecule has 21 heavy (non-hydrogen) atoms. The summed E-state index contributed by atoms with van der Waals surface area (Å²) in [7, 11) is 0. The summed E-state index contributed by atoms with van der Waals surface area (Å²) in [5.41, 5.74) is 4.16. The second-order valence-corrected chi connectivity index (χ2v) is 6.47. The first-order valence-electron chi connectivity index (χ1n) is 8.06. The number of likely N-dealkylation sites (tertiary alicyclic amines) is 1. The SMILES string of the molecule is Cc1cnn(C2CCN(Cc3cnn4c3CCCC4)C2)c1. The van der Waals surface area contributed by atoms with Gasteiger partial charge in [0, 0.05) is 43.6 Å². The Labute approximate surface area is 125 Å². The third kappa shape index (κ3) is 2.50. The Bertz CT molecular complexity index is 626. The monoisotopic (exact) mass is 285 g/mol. The molecular weight excluding hydrogens is 262 g/mol. The molecule has 0 saturated carbocycles. The van der Waals surface area contributed by atoms with Gasteiger partial charge in [-0.1, -0.05) is 0 Å². The minimum Gasteiger partial charge on any atom is -0.297 e. The van der Waals surface area contributed by atoms with Gasteiger partial charge >= 0.3 is 0 Å². The second kappa shape index (κ2) is 5.30. The maximum absolute atomic E-state index is 4.55. The molecule has 0 amide bonds. The summed E-state index contributed by atoms with van der Waals surface area (Å²) in [4.78, 5) is 2.55. The van der Waals surface area contributed by atoms with Gasteiger partial charge in [-0.05, 0) is 38.2 Å². The number of hydrogen-bond donors (Lipinski definition) is 0. The molecule has 1 atom stereocenters. The molecular formula is C16H23N5. The molecule has 0 aromatic carbocycles. The molecule has 0 N–H and O–H groups in total. The predicted molar refractivity (Wildman–Crippen MR) is 81.1 cm³/mol. The van der Waals surface area contributed by atoms with Crippen molar-refractivity contribution in [2.24, 2.45) is 0 Å². The zero-order valence-electron chi connectivity index (χ0n) is 12.7. The third-order valence-electron chi connectivity index (χ3n) is 4.81. The van der Waals surface area contributed by atoms with Gasteiger partial charge in [-0.3, -0.25) is 14.3 Å². The van der Waals surface area contributed by atoms with Gasteiger partial charge < -0.3 is 0 Å². The summed E-state index contributed by atoms with van der Waals surface area (Å²) < 4.78 is 4.35. The molecule has 2 aromatic heterocycles. The highest BCUT2D eigenvalue weighted by atomic mass is 15.3. The molecule has 5 nitrogen and oxygen atoms in total. The quantitative estimate of drug-likeness (QED) is 0.867. The van der Waals surface area contributed by atoms with Crippen LogP contribution in [0.15, 0.2) is 18.6 Å². The van der Waals surface area contributed by atoms with Gasteiger partial charge in [0.1, 0.15) is 0 Å². The van der Waals surface area contributed by atoms with Gasteiger partial charge in [0.05, 0.1) is 18.4 Å². The molecule has 5 heteroatoms. The molecule has 4 rings (SSSR count). The molecule has 112 valence electrons. The Morgan fingerprint density at radius 3 is 3.00 bits per heavy atom. The summed E-state index contributed by atoms with van der Waals surface area (Å²) in [5, 5.41) is 9.02. The molecule has 1 fully saturated rings. The van der Waals surface area contributed by atoms with E-state index in [0.717, 1.165) is 26.2 Å². The Morgan fingerprint density at radius 1 is 1.19 bits per heavy atom. The van der Waals surface area contributed by atoms with E-state index in [-0.39, 0.29) is 0 Å². The Hall–Kier alpha value is -1.62. The van der Waals surface area contributed by atoms with Crippen molar-refractivity contribution in [3.8, 4) is 0 Å². The van der Waals surface area contributed by atoms with E-state index in [2.05, 4.69) is 43.8 Å². The lowest BCUT2D eigenvalue weighted by atomic mass is 10.1. The highest BCUT2D eigenvalue weighted by Crippen LogP contribution is 2.25. The van der Waals surface area contributed by atoms with E-state index in [0.29, 0.717) is 6.04 Å². The van der Waals surface area contributed by atoms with Crippen molar-refractivity contribution < 1.29 is 0 Å². The first kappa shape index (κ1) is 13.1. The molecule has 4 heterocycles. The topological polar surface area (TPSA) is 38.9 Å². The minimum absolute atomic E-state index is 0.533.